The number of amides is 1. The van der Waals surface area contributed by atoms with Gasteiger partial charge in [-0.05, 0) is 39.9 Å². The molecule has 1 saturated heterocycles. The number of aromatic nitrogens is 4. The fraction of sp³-hybridized carbons (Fsp3) is 0.440. The van der Waals surface area contributed by atoms with Crippen LogP contribution in [0.1, 0.15) is 30.1 Å². The van der Waals surface area contributed by atoms with Crippen LogP contribution in [0, 0.1) is 6.92 Å². The second-order valence-electron chi connectivity index (χ2n) is 9.43. The Bertz CT molecular complexity index is 1180. The van der Waals surface area contributed by atoms with Crippen molar-refractivity contribution in [2.45, 2.75) is 32.2 Å². The Morgan fingerprint density at radius 3 is 2.76 bits per heavy atom. The number of hydrogen-bond acceptors (Lipinski definition) is 7. The third kappa shape index (κ3) is 4.61. The first-order valence-electron chi connectivity index (χ1n) is 11.9. The van der Waals surface area contributed by atoms with Crippen molar-refractivity contribution in [2.24, 2.45) is 0 Å². The van der Waals surface area contributed by atoms with E-state index in [-0.39, 0.29) is 12.5 Å². The molecule has 1 fully saturated rings. The second kappa shape index (κ2) is 9.42. The lowest BCUT2D eigenvalue weighted by molar-refractivity contribution is -0.114. The Balaban J connectivity index is 1.37. The van der Waals surface area contributed by atoms with Crippen molar-refractivity contribution in [3.05, 3.63) is 48.2 Å². The van der Waals surface area contributed by atoms with Gasteiger partial charge in [-0.25, -0.2) is 15.0 Å². The Kier molecular flexibility index (Phi) is 6.19. The van der Waals surface area contributed by atoms with E-state index in [1.807, 2.05) is 0 Å². The molecule has 5 rings (SSSR count). The second-order valence-corrected chi connectivity index (χ2v) is 9.43. The molecule has 1 aromatic carbocycles. The van der Waals surface area contributed by atoms with Crippen LogP contribution < -0.4 is 15.5 Å². The summed E-state index contributed by atoms with van der Waals surface area (Å²) in [6, 6.07) is 8.55. The highest BCUT2D eigenvalue weighted by atomic mass is 16.2. The monoisotopic (exact) mass is 460 g/mol. The Hall–Kier alpha value is -3.46. The van der Waals surface area contributed by atoms with Gasteiger partial charge in [-0.15, -0.1) is 0 Å². The molecule has 0 atom stereocenters. The minimum atomic E-state index is -0.0648. The first kappa shape index (κ1) is 22.3. The van der Waals surface area contributed by atoms with Crippen LogP contribution in [0.2, 0.25) is 0 Å². The minimum Gasteiger partial charge on any atom is -0.359 e. The lowest BCUT2D eigenvalue weighted by atomic mass is 9.95. The number of nitrogens with zero attached hydrogens (tertiary/aromatic N) is 6. The van der Waals surface area contributed by atoms with Gasteiger partial charge in [-0.3, -0.25) is 4.79 Å². The van der Waals surface area contributed by atoms with E-state index in [9.17, 15) is 4.79 Å². The fourth-order valence-electron chi connectivity index (χ4n) is 4.75. The third-order valence-corrected chi connectivity index (χ3v) is 6.58. The van der Waals surface area contributed by atoms with Gasteiger partial charge in [0.15, 0.2) is 11.6 Å². The highest BCUT2D eigenvalue weighted by Gasteiger charge is 2.29. The zero-order chi connectivity index (χ0) is 23.7. The first-order valence-corrected chi connectivity index (χ1v) is 11.9. The van der Waals surface area contributed by atoms with Crippen LogP contribution in [0.25, 0.3) is 11.3 Å². The summed E-state index contributed by atoms with van der Waals surface area (Å²) in [7, 11) is 4.21. The predicted molar refractivity (Wildman–Crippen MR) is 134 cm³/mol. The Morgan fingerprint density at radius 2 is 2.00 bits per heavy atom. The van der Waals surface area contributed by atoms with Crippen molar-refractivity contribution in [3.63, 3.8) is 0 Å². The zero-order valence-electron chi connectivity index (χ0n) is 20.1. The number of rotatable bonds is 6. The van der Waals surface area contributed by atoms with Gasteiger partial charge >= 0.3 is 0 Å². The van der Waals surface area contributed by atoms with Gasteiger partial charge in [0.2, 0.25) is 5.91 Å². The summed E-state index contributed by atoms with van der Waals surface area (Å²) in [5.41, 5.74) is 4.13. The topological polar surface area (TPSA) is 91.2 Å². The minimum absolute atomic E-state index is 0.0648. The SMILES string of the molecule is Cc1cccc(-c2cn(CCN(C)C)c(C3CCN(c4ncnc5c4NC(=O)CN5)CC3)n2)c1. The third-order valence-electron chi connectivity index (χ3n) is 6.58. The molecule has 0 unspecified atom stereocenters. The van der Waals surface area contributed by atoms with Crippen LogP contribution in [0.5, 0.6) is 0 Å². The van der Waals surface area contributed by atoms with E-state index >= 15 is 0 Å². The fourth-order valence-corrected chi connectivity index (χ4v) is 4.75. The smallest absolute Gasteiger partial charge is 0.243 e. The molecule has 9 nitrogen and oxygen atoms in total. The van der Waals surface area contributed by atoms with Gasteiger partial charge in [0.1, 0.15) is 17.8 Å². The standard InChI is InChI=1S/C25H32N8O/c1-17-5-4-6-19(13-17)20-15-33(12-11-31(2)3)24(29-20)18-7-9-32(10-8-18)25-22-23(27-16-28-25)26-14-21(34)30-22/h4-6,13,15-16,18H,7-12,14H2,1-3H3,(H,30,34)(H,26,27,28). The molecule has 3 aromatic rings. The highest BCUT2D eigenvalue weighted by Crippen LogP contribution is 2.36. The van der Waals surface area contributed by atoms with Crippen LogP contribution in [-0.2, 0) is 11.3 Å². The van der Waals surface area contributed by atoms with Crippen molar-refractivity contribution in [1.29, 1.82) is 0 Å². The molecule has 0 aliphatic carbocycles. The van der Waals surface area contributed by atoms with Crippen molar-refractivity contribution in [3.8, 4) is 11.3 Å². The Labute approximate surface area is 200 Å². The quantitative estimate of drug-likeness (QED) is 0.584. The van der Waals surface area contributed by atoms with Crippen molar-refractivity contribution in [1.82, 2.24) is 24.4 Å². The van der Waals surface area contributed by atoms with Gasteiger partial charge in [0.05, 0.1) is 12.2 Å². The number of likely N-dealkylation sites (N-methyl/N-ethyl adjacent to an activating group) is 1. The van der Waals surface area contributed by atoms with Crippen molar-refractivity contribution >= 4 is 23.2 Å². The molecule has 9 heteroatoms. The molecule has 2 N–H and O–H groups in total. The number of imidazole rings is 1. The maximum atomic E-state index is 11.9. The number of hydrogen-bond donors (Lipinski definition) is 2. The van der Waals surface area contributed by atoms with Crippen LogP contribution in [0.15, 0.2) is 36.8 Å². The zero-order valence-corrected chi connectivity index (χ0v) is 20.1. The normalized spacial score (nSPS) is 16.4. The predicted octanol–water partition coefficient (Wildman–Crippen LogP) is 2.96. The van der Waals surface area contributed by atoms with Crippen LogP contribution in [0.3, 0.4) is 0 Å². The van der Waals surface area contributed by atoms with Crippen molar-refractivity contribution in [2.75, 3.05) is 55.8 Å². The first-order chi connectivity index (χ1) is 16.5. The van der Waals surface area contributed by atoms with Crippen LogP contribution in [-0.4, -0.2) is 70.6 Å². The van der Waals surface area contributed by atoms with Gasteiger partial charge in [0.25, 0.3) is 0 Å². The van der Waals surface area contributed by atoms with Crippen LogP contribution >= 0.6 is 0 Å². The number of fused-ring (bicyclic) bond motifs is 1. The number of benzene rings is 1. The summed E-state index contributed by atoms with van der Waals surface area (Å²) < 4.78 is 2.34. The summed E-state index contributed by atoms with van der Waals surface area (Å²) in [6.07, 6.45) is 5.73. The molecule has 1 amide bonds. The van der Waals surface area contributed by atoms with E-state index in [2.05, 4.69) is 86.4 Å². The number of aryl methyl sites for hydroxylation is 1. The molecule has 0 saturated carbocycles. The number of carbonyl (C=O) groups excluding carboxylic acids is 1. The van der Waals surface area contributed by atoms with E-state index in [0.29, 0.717) is 17.4 Å². The van der Waals surface area contributed by atoms with Gasteiger partial charge in [0, 0.05) is 43.9 Å². The summed E-state index contributed by atoms with van der Waals surface area (Å²) in [5.74, 6) is 2.96. The summed E-state index contributed by atoms with van der Waals surface area (Å²) in [4.78, 5) is 30.3. The molecular formula is C25H32N8O. The average molecular weight is 461 g/mol. The average Bonchev–Trinajstić information content (AvgIpc) is 3.27. The van der Waals surface area contributed by atoms with Crippen molar-refractivity contribution < 1.29 is 4.79 Å². The largest absolute Gasteiger partial charge is 0.359 e. The van der Waals surface area contributed by atoms with E-state index in [4.69, 9.17) is 4.98 Å². The molecule has 0 bridgehead atoms. The molecule has 2 aliphatic rings. The molecule has 4 heterocycles. The molecule has 0 radical (unpaired) electrons. The van der Waals surface area contributed by atoms with E-state index in [1.165, 1.54) is 5.56 Å². The van der Waals surface area contributed by atoms with Gasteiger partial charge in [-0.1, -0.05) is 23.8 Å². The summed E-state index contributed by atoms with van der Waals surface area (Å²) in [6.45, 7) is 5.94. The van der Waals surface area contributed by atoms with Gasteiger partial charge in [-0.2, -0.15) is 0 Å². The number of anilines is 3. The molecule has 2 aromatic heterocycles. The van der Waals surface area contributed by atoms with E-state index < -0.39 is 0 Å². The molecule has 178 valence electrons. The Morgan fingerprint density at radius 1 is 1.18 bits per heavy atom. The summed E-state index contributed by atoms with van der Waals surface area (Å²) >= 11 is 0. The molecular weight excluding hydrogens is 428 g/mol. The van der Waals surface area contributed by atoms with E-state index in [0.717, 1.165) is 61.9 Å². The van der Waals surface area contributed by atoms with E-state index in [1.54, 1.807) is 6.33 Å². The maximum Gasteiger partial charge on any atom is 0.243 e. The molecule has 34 heavy (non-hydrogen) atoms. The number of nitrogens with one attached hydrogen (secondary N) is 2. The number of carbonyl (C=O) groups is 1. The highest BCUT2D eigenvalue weighted by molar-refractivity contribution is 6.02. The van der Waals surface area contributed by atoms with Crippen LogP contribution in [0.4, 0.5) is 17.3 Å². The lowest BCUT2D eigenvalue weighted by Crippen LogP contribution is -2.37. The lowest BCUT2D eigenvalue weighted by Gasteiger charge is -2.34. The summed E-state index contributed by atoms with van der Waals surface area (Å²) in [5, 5.41) is 6.01. The molecule has 2 aliphatic heterocycles. The number of piperidine rings is 1. The molecule has 0 spiro atoms. The maximum absolute atomic E-state index is 11.9. The van der Waals surface area contributed by atoms with Gasteiger partial charge < -0.3 is 25.0 Å².